The van der Waals surface area contributed by atoms with Gasteiger partial charge in [-0.25, -0.2) is 4.98 Å². The Morgan fingerprint density at radius 1 is 1.12 bits per heavy atom. The molecule has 3 aromatic heterocycles. The molecule has 4 rings (SSSR count). The minimum atomic E-state index is -0.528. The minimum Gasteiger partial charge on any atom is -0.447 e. The molecule has 9 heteroatoms. The zero-order valence-corrected chi connectivity index (χ0v) is 18.9. The maximum absolute atomic E-state index is 12.9. The molecular formula is C23H26ClN5O3. The number of furan rings is 1. The first-order chi connectivity index (χ1) is 15.4. The average molecular weight is 456 g/mol. The molecule has 0 radical (unpaired) electrons. The summed E-state index contributed by atoms with van der Waals surface area (Å²) < 4.78 is 5.74. The largest absolute Gasteiger partial charge is 0.447 e. The fourth-order valence-electron chi connectivity index (χ4n) is 4.15. The second-order valence-electron chi connectivity index (χ2n) is 8.36. The lowest BCUT2D eigenvalue weighted by Gasteiger charge is -2.32. The Morgan fingerprint density at radius 3 is 2.59 bits per heavy atom. The molecule has 1 aliphatic carbocycles. The van der Waals surface area contributed by atoms with Crippen LogP contribution in [0.25, 0.3) is 11.1 Å². The molecule has 8 nitrogen and oxygen atoms in total. The van der Waals surface area contributed by atoms with Crippen molar-refractivity contribution in [3.63, 3.8) is 0 Å². The molecule has 0 saturated heterocycles. The van der Waals surface area contributed by atoms with E-state index in [2.05, 4.69) is 39.6 Å². The van der Waals surface area contributed by atoms with E-state index in [1.807, 2.05) is 0 Å². The fraction of sp³-hybridized carbons (Fsp3) is 0.391. The fourth-order valence-corrected chi connectivity index (χ4v) is 4.26. The number of aromatic nitrogens is 2. The van der Waals surface area contributed by atoms with Gasteiger partial charge in [-0.3, -0.25) is 14.6 Å². The van der Waals surface area contributed by atoms with Gasteiger partial charge in [-0.05, 0) is 70.0 Å². The van der Waals surface area contributed by atoms with Crippen LogP contribution >= 0.6 is 11.6 Å². The van der Waals surface area contributed by atoms with Gasteiger partial charge in [0.2, 0.25) is 11.7 Å². The number of fused-ring (bicyclic) bond motifs is 1. The van der Waals surface area contributed by atoms with Crippen LogP contribution < -0.4 is 10.6 Å². The Hall–Kier alpha value is -2.97. The molecule has 3 heterocycles. The second-order valence-corrected chi connectivity index (χ2v) is 8.80. The molecule has 2 amide bonds. The monoisotopic (exact) mass is 455 g/mol. The lowest BCUT2D eigenvalue weighted by molar-refractivity contribution is -0.117. The van der Waals surface area contributed by atoms with E-state index in [0.717, 1.165) is 25.7 Å². The van der Waals surface area contributed by atoms with Crippen LogP contribution in [0.5, 0.6) is 0 Å². The highest BCUT2D eigenvalue weighted by Crippen LogP contribution is 2.32. The third kappa shape index (κ3) is 5.08. The predicted molar refractivity (Wildman–Crippen MR) is 124 cm³/mol. The molecule has 0 aromatic carbocycles. The first kappa shape index (κ1) is 22.2. The summed E-state index contributed by atoms with van der Waals surface area (Å²) in [4.78, 5) is 36.4. The van der Waals surface area contributed by atoms with E-state index >= 15 is 0 Å². The van der Waals surface area contributed by atoms with Gasteiger partial charge in [0.1, 0.15) is 17.0 Å². The van der Waals surface area contributed by atoms with Crippen molar-refractivity contribution < 1.29 is 14.0 Å². The molecule has 0 bridgehead atoms. The van der Waals surface area contributed by atoms with Gasteiger partial charge in [0.25, 0.3) is 5.91 Å². The van der Waals surface area contributed by atoms with Gasteiger partial charge < -0.3 is 20.0 Å². The number of rotatable bonds is 6. The van der Waals surface area contributed by atoms with Crippen molar-refractivity contribution in [2.75, 3.05) is 24.7 Å². The Bertz CT molecular complexity index is 1100. The van der Waals surface area contributed by atoms with Crippen molar-refractivity contribution >= 4 is 46.0 Å². The summed E-state index contributed by atoms with van der Waals surface area (Å²) in [6, 6.07) is 7.20. The SMILES string of the molecule is CN(C)[C@H]1CC[C@H](CC(=O)Nc2c(C(=O)Nc3ccc(Cl)cn3)oc3cccnc23)CC1. The van der Waals surface area contributed by atoms with Crippen LogP contribution in [0.2, 0.25) is 5.02 Å². The van der Waals surface area contributed by atoms with Crippen molar-refractivity contribution in [3.8, 4) is 0 Å². The standard InChI is InChI=1S/C23H26ClN5O3/c1-29(2)16-8-5-14(6-9-16)12-19(30)28-21-20-17(4-3-11-25-20)32-22(21)23(31)27-18-10-7-15(24)13-26-18/h3-4,7,10-11,13-14,16H,5-6,8-9,12H2,1-2H3,(H,28,30)(H,26,27,31)/t14-,16-. The normalized spacial score (nSPS) is 18.6. The maximum atomic E-state index is 12.9. The quantitative estimate of drug-likeness (QED) is 0.564. The Balaban J connectivity index is 1.49. The molecule has 168 valence electrons. The molecule has 0 atom stereocenters. The van der Waals surface area contributed by atoms with Gasteiger partial charge in [0.15, 0.2) is 5.58 Å². The molecule has 3 aromatic rings. The Kier molecular flexibility index (Phi) is 6.72. The van der Waals surface area contributed by atoms with E-state index in [-0.39, 0.29) is 17.4 Å². The molecule has 0 spiro atoms. The van der Waals surface area contributed by atoms with Crippen LogP contribution in [-0.4, -0.2) is 46.8 Å². The number of carbonyl (C=O) groups excluding carboxylic acids is 2. The zero-order chi connectivity index (χ0) is 22.7. The molecule has 1 aliphatic rings. The van der Waals surface area contributed by atoms with Crippen LogP contribution in [0.3, 0.4) is 0 Å². The van der Waals surface area contributed by atoms with Crippen molar-refractivity contribution in [2.24, 2.45) is 5.92 Å². The lowest BCUT2D eigenvalue weighted by atomic mass is 9.83. The molecule has 32 heavy (non-hydrogen) atoms. The summed E-state index contributed by atoms with van der Waals surface area (Å²) in [5, 5.41) is 6.01. The van der Waals surface area contributed by atoms with Crippen molar-refractivity contribution in [3.05, 3.63) is 47.4 Å². The number of pyridine rings is 2. The van der Waals surface area contributed by atoms with Crippen molar-refractivity contribution in [1.29, 1.82) is 0 Å². The van der Waals surface area contributed by atoms with Crippen LogP contribution in [-0.2, 0) is 4.79 Å². The predicted octanol–water partition coefficient (Wildman–Crippen LogP) is 4.58. The maximum Gasteiger partial charge on any atom is 0.294 e. The molecule has 1 fully saturated rings. The molecule has 0 aliphatic heterocycles. The highest BCUT2D eigenvalue weighted by Gasteiger charge is 2.27. The van der Waals surface area contributed by atoms with Crippen LogP contribution in [0.15, 0.2) is 41.1 Å². The van der Waals surface area contributed by atoms with E-state index < -0.39 is 5.91 Å². The number of hydrogen-bond donors (Lipinski definition) is 2. The third-order valence-corrected chi connectivity index (χ3v) is 6.13. The zero-order valence-electron chi connectivity index (χ0n) is 18.1. The number of hydrogen-bond acceptors (Lipinski definition) is 6. The van der Waals surface area contributed by atoms with Crippen molar-refractivity contribution in [1.82, 2.24) is 14.9 Å². The van der Waals surface area contributed by atoms with Crippen LogP contribution in [0.4, 0.5) is 11.5 Å². The molecular weight excluding hydrogens is 430 g/mol. The summed E-state index contributed by atoms with van der Waals surface area (Å²) in [6.45, 7) is 0. The molecule has 0 unspecified atom stereocenters. The van der Waals surface area contributed by atoms with Gasteiger partial charge in [-0.1, -0.05) is 11.6 Å². The van der Waals surface area contributed by atoms with Gasteiger partial charge >= 0.3 is 0 Å². The Morgan fingerprint density at radius 2 is 1.91 bits per heavy atom. The van der Waals surface area contributed by atoms with Crippen molar-refractivity contribution in [2.45, 2.75) is 38.1 Å². The molecule has 1 saturated carbocycles. The van der Waals surface area contributed by atoms with E-state index in [1.165, 1.54) is 6.20 Å². The summed E-state index contributed by atoms with van der Waals surface area (Å²) in [5.74, 6) is -0.0411. The van der Waals surface area contributed by atoms with Crippen LogP contribution in [0.1, 0.15) is 42.7 Å². The van der Waals surface area contributed by atoms with E-state index in [9.17, 15) is 9.59 Å². The van der Waals surface area contributed by atoms with E-state index in [0.29, 0.717) is 40.3 Å². The van der Waals surface area contributed by atoms with Crippen LogP contribution in [0, 0.1) is 5.92 Å². The highest BCUT2D eigenvalue weighted by atomic mass is 35.5. The number of nitrogens with one attached hydrogen (secondary N) is 2. The number of amides is 2. The number of anilines is 2. The highest BCUT2D eigenvalue weighted by molar-refractivity contribution is 6.30. The first-order valence-electron chi connectivity index (χ1n) is 10.7. The lowest BCUT2D eigenvalue weighted by Crippen LogP contribution is -2.33. The summed E-state index contributed by atoms with van der Waals surface area (Å²) >= 11 is 5.85. The topological polar surface area (TPSA) is 100 Å². The second kappa shape index (κ2) is 9.67. The number of carbonyl (C=O) groups is 2. The van der Waals surface area contributed by atoms with Gasteiger partial charge in [0, 0.05) is 24.9 Å². The first-order valence-corrected chi connectivity index (χ1v) is 11.0. The smallest absolute Gasteiger partial charge is 0.294 e. The summed E-state index contributed by atoms with van der Waals surface area (Å²) in [5.41, 5.74) is 1.13. The van der Waals surface area contributed by atoms with Gasteiger partial charge in [0.05, 0.1) is 5.02 Å². The summed E-state index contributed by atoms with van der Waals surface area (Å²) in [6.07, 6.45) is 7.63. The molecule has 2 N–H and O–H groups in total. The minimum absolute atomic E-state index is 0.0138. The van der Waals surface area contributed by atoms with Gasteiger partial charge in [-0.2, -0.15) is 0 Å². The van der Waals surface area contributed by atoms with E-state index in [1.54, 1.807) is 30.5 Å². The third-order valence-electron chi connectivity index (χ3n) is 5.91. The summed E-state index contributed by atoms with van der Waals surface area (Å²) in [7, 11) is 4.20. The number of nitrogens with zero attached hydrogens (tertiary/aromatic N) is 3. The Labute approximate surface area is 191 Å². The average Bonchev–Trinajstić information content (AvgIpc) is 3.14. The van der Waals surface area contributed by atoms with E-state index in [4.69, 9.17) is 16.0 Å². The van der Waals surface area contributed by atoms with Gasteiger partial charge in [-0.15, -0.1) is 0 Å². The number of halogens is 1.